The number of hydrogen-bond acceptors (Lipinski definition) is 1. The van der Waals surface area contributed by atoms with E-state index in [1.54, 1.807) is 12.1 Å². The van der Waals surface area contributed by atoms with E-state index in [9.17, 15) is 9.18 Å². The summed E-state index contributed by atoms with van der Waals surface area (Å²) < 4.78 is 13.9. The molecule has 0 amide bonds. The highest BCUT2D eigenvalue weighted by Crippen LogP contribution is 2.06. The van der Waals surface area contributed by atoms with Gasteiger partial charge in [-0.05, 0) is 19.4 Å². The summed E-state index contributed by atoms with van der Waals surface area (Å²) in [6, 6.07) is 4.61. The first-order valence-electron chi connectivity index (χ1n) is 4.10. The fourth-order valence-electron chi connectivity index (χ4n) is 1.02. The lowest BCUT2D eigenvalue weighted by Gasteiger charge is -2.07. The van der Waals surface area contributed by atoms with Gasteiger partial charge in [-0.2, -0.15) is 0 Å². The molecule has 0 aliphatic carbocycles. The molecule has 1 aromatic rings. The van der Waals surface area contributed by atoms with Crippen molar-refractivity contribution in [1.29, 1.82) is 0 Å². The Morgan fingerprint density at radius 2 is 2.31 bits per heavy atom. The maximum absolute atomic E-state index is 12.5. The second kappa shape index (κ2) is 4.42. The average molecular weight is 204 g/mol. The van der Waals surface area contributed by atoms with E-state index in [2.05, 4.69) is 0 Å². The summed E-state index contributed by atoms with van der Waals surface area (Å²) >= 11 is 5.75. The van der Waals surface area contributed by atoms with Crippen LogP contribution in [0.15, 0.2) is 23.0 Å². The van der Waals surface area contributed by atoms with Gasteiger partial charge in [0.15, 0.2) is 0 Å². The van der Waals surface area contributed by atoms with E-state index in [0.717, 1.165) is 0 Å². The predicted octanol–water partition coefficient (Wildman–Crippen LogP) is 2.25. The molecule has 72 valence electrons. The van der Waals surface area contributed by atoms with Crippen LogP contribution in [0, 0.1) is 0 Å². The van der Waals surface area contributed by atoms with Gasteiger partial charge in [-0.25, -0.2) is 4.39 Å². The van der Waals surface area contributed by atoms with Gasteiger partial charge in [0.25, 0.3) is 5.56 Å². The Hall–Kier alpha value is -0.830. The first-order chi connectivity index (χ1) is 6.11. The number of alkyl halides is 1. The lowest BCUT2D eigenvalue weighted by molar-refractivity contribution is 0.324. The Morgan fingerprint density at radius 3 is 2.85 bits per heavy atom. The molecule has 0 saturated carbocycles. The van der Waals surface area contributed by atoms with Gasteiger partial charge >= 0.3 is 0 Å². The molecule has 0 bridgehead atoms. The van der Waals surface area contributed by atoms with Crippen LogP contribution < -0.4 is 5.56 Å². The van der Waals surface area contributed by atoms with Gasteiger partial charge in [0.05, 0.1) is 6.17 Å². The highest BCUT2D eigenvalue weighted by Gasteiger charge is 2.03. The third-order valence-corrected chi connectivity index (χ3v) is 2.08. The average Bonchev–Trinajstić information content (AvgIpc) is 2.03. The number of pyridine rings is 1. The van der Waals surface area contributed by atoms with Crippen LogP contribution in [0.5, 0.6) is 0 Å². The molecule has 0 aromatic carbocycles. The van der Waals surface area contributed by atoms with Crippen LogP contribution in [0.4, 0.5) is 4.39 Å². The van der Waals surface area contributed by atoms with E-state index >= 15 is 0 Å². The van der Waals surface area contributed by atoms with Crippen molar-refractivity contribution < 1.29 is 4.39 Å². The molecule has 2 nitrogen and oxygen atoms in total. The maximum Gasteiger partial charge on any atom is 0.251 e. The monoisotopic (exact) mass is 203 g/mol. The molecule has 0 N–H and O–H groups in total. The number of halogens is 2. The summed E-state index contributed by atoms with van der Waals surface area (Å²) in [7, 11) is 0. The van der Waals surface area contributed by atoms with Gasteiger partial charge in [-0.3, -0.25) is 9.36 Å². The third-order valence-electron chi connectivity index (χ3n) is 1.75. The number of rotatable bonds is 3. The van der Waals surface area contributed by atoms with E-state index in [1.807, 2.05) is 0 Å². The lowest BCUT2D eigenvalue weighted by Crippen LogP contribution is -2.20. The first kappa shape index (κ1) is 10.3. The quantitative estimate of drug-likeness (QED) is 0.691. The fraction of sp³-hybridized carbons (Fsp3) is 0.444. The summed E-state index contributed by atoms with van der Waals surface area (Å²) in [6.45, 7) is 1.79. The van der Waals surface area contributed by atoms with Gasteiger partial charge in [0, 0.05) is 12.6 Å². The van der Waals surface area contributed by atoms with Crippen molar-refractivity contribution in [2.45, 2.75) is 26.1 Å². The van der Waals surface area contributed by atoms with Gasteiger partial charge in [-0.15, -0.1) is 0 Å². The van der Waals surface area contributed by atoms with Crippen molar-refractivity contribution >= 4 is 11.6 Å². The predicted molar refractivity (Wildman–Crippen MR) is 50.9 cm³/mol. The largest absolute Gasteiger partial charge is 0.299 e. The molecule has 0 spiro atoms. The number of hydrogen-bond donors (Lipinski definition) is 0. The van der Waals surface area contributed by atoms with E-state index in [0.29, 0.717) is 18.1 Å². The molecule has 0 radical (unpaired) electrons. The topological polar surface area (TPSA) is 22.0 Å². The summed E-state index contributed by atoms with van der Waals surface area (Å²) in [5.41, 5.74) is -0.187. The Labute approximate surface area is 81.0 Å². The zero-order chi connectivity index (χ0) is 9.84. The third kappa shape index (κ3) is 2.84. The van der Waals surface area contributed by atoms with Gasteiger partial charge in [0.1, 0.15) is 5.15 Å². The molecule has 1 heterocycles. The van der Waals surface area contributed by atoms with Gasteiger partial charge < -0.3 is 0 Å². The number of aromatic nitrogens is 1. The summed E-state index contributed by atoms with van der Waals surface area (Å²) in [5.74, 6) is 0. The first-order valence-corrected chi connectivity index (χ1v) is 4.48. The summed E-state index contributed by atoms with van der Waals surface area (Å²) in [5, 5.41) is 0.355. The van der Waals surface area contributed by atoms with Crippen LogP contribution in [0.1, 0.15) is 13.3 Å². The molecule has 1 unspecified atom stereocenters. The van der Waals surface area contributed by atoms with Crippen molar-refractivity contribution in [2.24, 2.45) is 0 Å². The van der Waals surface area contributed by atoms with E-state index in [-0.39, 0.29) is 5.56 Å². The highest BCUT2D eigenvalue weighted by molar-refractivity contribution is 6.29. The smallest absolute Gasteiger partial charge is 0.251 e. The highest BCUT2D eigenvalue weighted by atomic mass is 35.5. The normalized spacial score (nSPS) is 12.8. The molecule has 1 aromatic heterocycles. The van der Waals surface area contributed by atoms with Crippen LogP contribution in [0.2, 0.25) is 5.15 Å². The van der Waals surface area contributed by atoms with Crippen LogP contribution >= 0.6 is 11.6 Å². The van der Waals surface area contributed by atoms with Crippen LogP contribution in [0.3, 0.4) is 0 Å². The second-order valence-corrected chi connectivity index (χ2v) is 3.30. The van der Waals surface area contributed by atoms with E-state index in [1.165, 1.54) is 17.6 Å². The summed E-state index contributed by atoms with van der Waals surface area (Å²) in [6.07, 6.45) is -0.605. The maximum atomic E-state index is 12.5. The van der Waals surface area contributed by atoms with Crippen LogP contribution in [-0.4, -0.2) is 10.7 Å². The fourth-order valence-corrected chi connectivity index (χ4v) is 1.26. The minimum Gasteiger partial charge on any atom is -0.299 e. The molecule has 0 aliphatic rings. The number of nitrogens with zero attached hydrogens (tertiary/aromatic N) is 1. The minimum atomic E-state index is -0.914. The van der Waals surface area contributed by atoms with Gasteiger partial charge in [-0.1, -0.05) is 17.7 Å². The molecular weight excluding hydrogens is 193 g/mol. The van der Waals surface area contributed by atoms with Crippen LogP contribution in [0.25, 0.3) is 0 Å². The van der Waals surface area contributed by atoms with Crippen molar-refractivity contribution in [2.75, 3.05) is 0 Å². The zero-order valence-electron chi connectivity index (χ0n) is 7.34. The standard InChI is InChI=1S/C9H11ClFNO/c1-7(11)5-6-12-8(10)3-2-4-9(12)13/h2-4,7H,5-6H2,1H3. The van der Waals surface area contributed by atoms with Crippen molar-refractivity contribution in [1.82, 2.24) is 4.57 Å². The molecule has 1 atom stereocenters. The van der Waals surface area contributed by atoms with Crippen molar-refractivity contribution in [3.63, 3.8) is 0 Å². The second-order valence-electron chi connectivity index (χ2n) is 2.91. The van der Waals surface area contributed by atoms with E-state index in [4.69, 9.17) is 11.6 Å². The molecule has 0 saturated heterocycles. The minimum absolute atomic E-state index is 0.187. The Balaban J connectivity index is 2.81. The summed E-state index contributed by atoms with van der Waals surface area (Å²) in [4.78, 5) is 11.2. The SMILES string of the molecule is CC(F)CCn1c(Cl)cccc1=O. The van der Waals surface area contributed by atoms with Gasteiger partial charge in [0.2, 0.25) is 0 Å². The Bertz CT molecular complexity index is 335. The molecule has 1 rings (SSSR count). The van der Waals surface area contributed by atoms with Crippen LogP contribution in [-0.2, 0) is 6.54 Å². The molecule has 4 heteroatoms. The molecule has 13 heavy (non-hydrogen) atoms. The Morgan fingerprint density at radius 1 is 1.62 bits per heavy atom. The van der Waals surface area contributed by atoms with Crippen molar-refractivity contribution in [3.8, 4) is 0 Å². The Kier molecular flexibility index (Phi) is 3.48. The lowest BCUT2D eigenvalue weighted by atomic mass is 10.3. The van der Waals surface area contributed by atoms with E-state index < -0.39 is 6.17 Å². The van der Waals surface area contributed by atoms with Crippen molar-refractivity contribution in [3.05, 3.63) is 33.7 Å². The molecule has 0 fully saturated rings. The molecular formula is C9H11ClFNO. The zero-order valence-corrected chi connectivity index (χ0v) is 8.09. The molecule has 0 aliphatic heterocycles.